The number of nitrogens with two attached hydrogens (primary N) is 1. The van der Waals surface area contributed by atoms with E-state index in [0.717, 1.165) is 25.4 Å². The van der Waals surface area contributed by atoms with Gasteiger partial charge in [0.25, 0.3) is 0 Å². The van der Waals surface area contributed by atoms with Gasteiger partial charge in [-0.15, -0.1) is 24.8 Å². The lowest BCUT2D eigenvalue weighted by molar-refractivity contribution is -0.135. The van der Waals surface area contributed by atoms with Crippen molar-refractivity contribution in [2.24, 2.45) is 5.73 Å². The molecule has 1 unspecified atom stereocenters. The number of hydrogen-bond donors (Lipinski definition) is 1. The highest BCUT2D eigenvalue weighted by Gasteiger charge is 2.25. The van der Waals surface area contributed by atoms with Crippen molar-refractivity contribution < 1.29 is 14.3 Å². The minimum atomic E-state index is -0.558. The highest BCUT2D eigenvalue weighted by molar-refractivity contribution is 5.85. The highest BCUT2D eigenvalue weighted by atomic mass is 35.5. The number of ether oxygens (including phenoxy) is 2. The summed E-state index contributed by atoms with van der Waals surface area (Å²) in [5, 5.41) is 0. The largest absolute Gasteiger partial charge is 0.494 e. The zero-order chi connectivity index (χ0) is 16.7. The van der Waals surface area contributed by atoms with Crippen LogP contribution in [0.1, 0.15) is 12.5 Å². The zero-order valence-electron chi connectivity index (χ0n) is 14.8. The van der Waals surface area contributed by atoms with Gasteiger partial charge in [0, 0.05) is 39.8 Å². The molecule has 1 atom stereocenters. The van der Waals surface area contributed by atoms with Crippen LogP contribution < -0.4 is 10.5 Å². The molecule has 0 bridgehead atoms. The summed E-state index contributed by atoms with van der Waals surface area (Å²) >= 11 is 0. The van der Waals surface area contributed by atoms with Crippen molar-refractivity contribution in [3.8, 4) is 5.75 Å². The summed E-state index contributed by atoms with van der Waals surface area (Å²) in [5.41, 5.74) is 7.07. The Labute approximate surface area is 162 Å². The van der Waals surface area contributed by atoms with E-state index in [-0.39, 0.29) is 37.3 Å². The number of benzene rings is 1. The zero-order valence-corrected chi connectivity index (χ0v) is 16.5. The molecule has 1 aromatic rings. The van der Waals surface area contributed by atoms with E-state index in [1.54, 1.807) is 7.11 Å². The van der Waals surface area contributed by atoms with Gasteiger partial charge >= 0.3 is 0 Å². The van der Waals surface area contributed by atoms with Gasteiger partial charge in [0.2, 0.25) is 5.91 Å². The highest BCUT2D eigenvalue weighted by Crippen LogP contribution is 2.14. The normalized spacial score (nSPS) is 15.7. The summed E-state index contributed by atoms with van der Waals surface area (Å²) < 4.78 is 10.4. The number of methoxy groups -OCH3 is 1. The molecule has 0 aromatic heterocycles. The number of rotatable bonds is 7. The summed E-state index contributed by atoms with van der Waals surface area (Å²) in [5.74, 6) is 0.881. The van der Waals surface area contributed by atoms with Crippen LogP contribution in [-0.4, -0.2) is 68.3 Å². The van der Waals surface area contributed by atoms with E-state index in [1.165, 1.54) is 5.56 Å². The molecule has 1 saturated heterocycles. The second kappa shape index (κ2) is 12.3. The summed E-state index contributed by atoms with van der Waals surface area (Å²) in [7, 11) is 1.56. The van der Waals surface area contributed by atoms with Gasteiger partial charge in [-0.05, 0) is 24.6 Å². The van der Waals surface area contributed by atoms with Crippen LogP contribution in [-0.2, 0) is 16.1 Å². The average molecular weight is 394 g/mol. The molecule has 1 aliphatic rings. The molecule has 8 heteroatoms. The van der Waals surface area contributed by atoms with Crippen LogP contribution in [0.3, 0.4) is 0 Å². The molecule has 0 saturated carbocycles. The molecule has 1 heterocycles. The molecule has 0 radical (unpaired) electrons. The fraction of sp³-hybridized carbons (Fsp3) is 0.588. The quantitative estimate of drug-likeness (QED) is 0.760. The van der Waals surface area contributed by atoms with Crippen molar-refractivity contribution >= 4 is 30.7 Å². The number of hydrogen-bond acceptors (Lipinski definition) is 5. The van der Waals surface area contributed by atoms with Crippen LogP contribution in [0.2, 0.25) is 0 Å². The van der Waals surface area contributed by atoms with Gasteiger partial charge in [-0.2, -0.15) is 0 Å². The van der Waals surface area contributed by atoms with E-state index < -0.39 is 6.04 Å². The standard InChI is InChI=1S/C17H27N3O3.2ClH/c1-3-23-15-6-4-14(5-7-15)12-19-8-10-20(11-9-19)17(21)16(18)13-22-2;;/h4-7,16H,3,8-13,18H2,1-2H3;2*1H. The third-order valence-electron chi connectivity index (χ3n) is 3.99. The Bertz CT molecular complexity index is 494. The average Bonchev–Trinajstić information content (AvgIpc) is 2.57. The third kappa shape index (κ3) is 7.38. The van der Waals surface area contributed by atoms with Crippen molar-refractivity contribution in [2.45, 2.75) is 19.5 Å². The second-order valence-electron chi connectivity index (χ2n) is 5.74. The first-order valence-corrected chi connectivity index (χ1v) is 8.11. The van der Waals surface area contributed by atoms with Crippen LogP contribution in [0.4, 0.5) is 0 Å². The molecular weight excluding hydrogens is 365 g/mol. The van der Waals surface area contributed by atoms with Gasteiger partial charge in [0.05, 0.1) is 13.2 Å². The minimum absolute atomic E-state index is 0. The van der Waals surface area contributed by atoms with Crippen LogP contribution >= 0.6 is 24.8 Å². The smallest absolute Gasteiger partial charge is 0.241 e. The first-order valence-electron chi connectivity index (χ1n) is 8.11. The van der Waals surface area contributed by atoms with Crippen LogP contribution in [0.15, 0.2) is 24.3 Å². The van der Waals surface area contributed by atoms with Gasteiger partial charge in [-0.1, -0.05) is 12.1 Å². The minimum Gasteiger partial charge on any atom is -0.494 e. The van der Waals surface area contributed by atoms with Crippen LogP contribution in [0.5, 0.6) is 5.75 Å². The molecule has 1 aromatic carbocycles. The topological polar surface area (TPSA) is 68.0 Å². The van der Waals surface area contributed by atoms with E-state index in [0.29, 0.717) is 19.7 Å². The van der Waals surface area contributed by atoms with Gasteiger partial charge in [-0.25, -0.2) is 0 Å². The summed E-state index contributed by atoms with van der Waals surface area (Å²) in [6, 6.07) is 7.64. The number of amides is 1. The lowest BCUT2D eigenvalue weighted by atomic mass is 10.2. The molecule has 6 nitrogen and oxygen atoms in total. The van der Waals surface area contributed by atoms with Crippen molar-refractivity contribution in [1.82, 2.24) is 9.80 Å². The van der Waals surface area contributed by atoms with Gasteiger partial charge in [-0.3, -0.25) is 9.69 Å². The van der Waals surface area contributed by atoms with Crippen molar-refractivity contribution in [3.05, 3.63) is 29.8 Å². The monoisotopic (exact) mass is 393 g/mol. The van der Waals surface area contributed by atoms with Crippen molar-refractivity contribution in [2.75, 3.05) is 46.5 Å². The molecule has 0 spiro atoms. The first-order chi connectivity index (χ1) is 11.1. The summed E-state index contributed by atoms with van der Waals surface area (Å²) in [6.45, 7) is 6.97. The molecule has 2 N–H and O–H groups in total. The summed E-state index contributed by atoms with van der Waals surface area (Å²) in [6.07, 6.45) is 0. The van der Waals surface area contributed by atoms with E-state index >= 15 is 0 Å². The lowest BCUT2D eigenvalue weighted by Gasteiger charge is -2.35. The van der Waals surface area contributed by atoms with Gasteiger partial charge in [0.15, 0.2) is 0 Å². The Kier molecular flexibility index (Phi) is 11.8. The lowest BCUT2D eigenvalue weighted by Crippen LogP contribution is -2.53. The maximum absolute atomic E-state index is 12.1. The van der Waals surface area contributed by atoms with E-state index in [1.807, 2.05) is 24.0 Å². The molecule has 1 fully saturated rings. The molecule has 2 rings (SSSR count). The Morgan fingerprint density at radius 3 is 2.28 bits per heavy atom. The Hall–Kier alpha value is -1.05. The first kappa shape index (κ1) is 23.9. The predicted molar refractivity (Wildman–Crippen MR) is 104 cm³/mol. The van der Waals surface area contributed by atoms with Crippen LogP contribution in [0.25, 0.3) is 0 Å². The van der Waals surface area contributed by atoms with Gasteiger partial charge < -0.3 is 20.1 Å². The van der Waals surface area contributed by atoms with Gasteiger partial charge in [0.1, 0.15) is 11.8 Å². The van der Waals surface area contributed by atoms with Crippen LogP contribution in [0, 0.1) is 0 Å². The molecule has 144 valence electrons. The number of carbonyl (C=O) groups excluding carboxylic acids is 1. The van der Waals surface area contributed by atoms with E-state index in [2.05, 4.69) is 17.0 Å². The van der Waals surface area contributed by atoms with Crippen molar-refractivity contribution in [1.29, 1.82) is 0 Å². The molecular formula is C17H29Cl2N3O3. The van der Waals surface area contributed by atoms with E-state index in [9.17, 15) is 4.79 Å². The fourth-order valence-corrected chi connectivity index (χ4v) is 2.73. The molecule has 0 aliphatic carbocycles. The number of halogens is 2. The Balaban J connectivity index is 0.00000288. The fourth-order valence-electron chi connectivity index (χ4n) is 2.73. The van der Waals surface area contributed by atoms with Crippen molar-refractivity contribution in [3.63, 3.8) is 0 Å². The number of nitrogens with zero attached hydrogens (tertiary/aromatic N) is 2. The molecule has 25 heavy (non-hydrogen) atoms. The molecule has 1 amide bonds. The SMILES string of the molecule is CCOc1ccc(CN2CCN(C(=O)C(N)COC)CC2)cc1.Cl.Cl. The third-order valence-corrected chi connectivity index (χ3v) is 3.99. The maximum Gasteiger partial charge on any atom is 0.241 e. The number of piperazine rings is 1. The number of carbonyl (C=O) groups is 1. The maximum atomic E-state index is 12.1. The second-order valence-corrected chi connectivity index (χ2v) is 5.74. The Morgan fingerprint density at radius 1 is 1.16 bits per heavy atom. The summed E-state index contributed by atoms with van der Waals surface area (Å²) in [4.78, 5) is 16.3. The van der Waals surface area contributed by atoms with E-state index in [4.69, 9.17) is 15.2 Å². The molecule has 1 aliphatic heterocycles. The Morgan fingerprint density at radius 2 is 1.76 bits per heavy atom. The predicted octanol–water partition coefficient (Wildman–Crippen LogP) is 1.55.